The number of amides is 6. The van der Waals surface area contributed by atoms with Crippen LogP contribution in [0.1, 0.15) is 75.3 Å². The minimum absolute atomic E-state index is 0.0416. The zero-order chi connectivity index (χ0) is 37.7. The van der Waals surface area contributed by atoms with Gasteiger partial charge in [0.1, 0.15) is 29.5 Å². The molecule has 2 aliphatic carbocycles. The van der Waals surface area contributed by atoms with Crippen LogP contribution >= 0.6 is 0 Å². The number of allylic oxidation sites excluding steroid dienone is 1. The first kappa shape index (κ1) is 37.0. The number of carbonyl (C=O) groups is 5. The monoisotopic (exact) mass is 764 g/mol. The number of carbonyl (C=O) groups excluding carboxylic acids is 5. The molecule has 2 saturated carbocycles. The molecule has 2 saturated heterocycles. The number of fused-ring (bicyclic) bond motifs is 3. The number of hydrogen-bond acceptors (Lipinski definition) is 8. The summed E-state index contributed by atoms with van der Waals surface area (Å²) >= 11 is 0. The summed E-state index contributed by atoms with van der Waals surface area (Å²) in [6.07, 6.45) is 4.60. The van der Waals surface area contributed by atoms with E-state index >= 15 is 0 Å². The molecule has 6 amide bonds. The van der Waals surface area contributed by atoms with Crippen molar-refractivity contribution in [2.45, 2.75) is 112 Å². The number of likely N-dealkylation sites (tertiary alicyclic amines) is 1. The van der Waals surface area contributed by atoms with Gasteiger partial charge in [-0.3, -0.25) is 24.0 Å². The van der Waals surface area contributed by atoms with Gasteiger partial charge in [0.05, 0.1) is 24.9 Å². The number of nitrogens with one attached hydrogen (secondary N) is 3. The molecule has 288 valence electrons. The van der Waals surface area contributed by atoms with Gasteiger partial charge in [-0.15, -0.1) is 0 Å². The lowest BCUT2D eigenvalue weighted by Crippen LogP contribution is -2.58. The average molecular weight is 765 g/mol. The van der Waals surface area contributed by atoms with E-state index in [1.165, 1.54) is 17.0 Å². The molecule has 1 aromatic rings. The van der Waals surface area contributed by atoms with Gasteiger partial charge in [0.2, 0.25) is 21.8 Å². The highest BCUT2D eigenvalue weighted by Gasteiger charge is 2.62. The molecule has 53 heavy (non-hydrogen) atoms. The van der Waals surface area contributed by atoms with Crippen LogP contribution in [-0.4, -0.2) is 107 Å². The Morgan fingerprint density at radius 2 is 1.81 bits per heavy atom. The van der Waals surface area contributed by atoms with E-state index < -0.39 is 99.5 Å². The maximum Gasteiger partial charge on any atom is 0.410 e. The SMILES string of the molecule is O=C1N[C@]2(C(=O)NS(=O)(=O)C3CC3)C[C@@H]2/C=C\CCCCC[C@H](NC(=O)N2CCC(F)(F)C2)C(=O)N2C[C@H](OC(=O)N3Cc4cccc(F)c4C3)C[C@@H]12. The van der Waals surface area contributed by atoms with Crippen LogP contribution in [0, 0.1) is 11.7 Å². The molecule has 4 fully saturated rings. The predicted molar refractivity (Wildman–Crippen MR) is 181 cm³/mol. The van der Waals surface area contributed by atoms with E-state index in [9.17, 15) is 45.6 Å². The van der Waals surface area contributed by atoms with Gasteiger partial charge >= 0.3 is 12.1 Å². The Labute approximate surface area is 304 Å². The van der Waals surface area contributed by atoms with Gasteiger partial charge in [-0.05, 0) is 50.2 Å². The first-order valence-electron chi connectivity index (χ1n) is 18.2. The molecule has 7 rings (SSSR count). The summed E-state index contributed by atoms with van der Waals surface area (Å²) in [7, 11) is -3.96. The lowest BCUT2D eigenvalue weighted by Gasteiger charge is -2.30. The van der Waals surface area contributed by atoms with Crippen molar-refractivity contribution in [3.8, 4) is 0 Å². The lowest BCUT2D eigenvalue weighted by atomic mass is 10.0. The minimum Gasteiger partial charge on any atom is -0.444 e. The first-order chi connectivity index (χ1) is 25.2. The molecule has 4 heterocycles. The van der Waals surface area contributed by atoms with Crippen LogP contribution in [0.15, 0.2) is 30.4 Å². The highest BCUT2D eigenvalue weighted by atomic mass is 32.2. The third-order valence-corrected chi connectivity index (χ3v) is 12.9. The molecule has 0 aromatic heterocycles. The number of nitrogens with zero attached hydrogens (tertiary/aromatic N) is 3. The van der Waals surface area contributed by atoms with Gasteiger partial charge in [-0.1, -0.05) is 37.1 Å². The Bertz CT molecular complexity index is 1830. The van der Waals surface area contributed by atoms with Crippen molar-refractivity contribution in [2.75, 3.05) is 19.6 Å². The molecule has 14 nitrogen and oxygen atoms in total. The van der Waals surface area contributed by atoms with E-state index in [1.807, 2.05) is 6.08 Å². The summed E-state index contributed by atoms with van der Waals surface area (Å²) < 4.78 is 75.8. The number of benzene rings is 1. The second-order valence-corrected chi connectivity index (χ2v) is 17.0. The molecule has 0 bridgehead atoms. The summed E-state index contributed by atoms with van der Waals surface area (Å²) in [5, 5.41) is 4.65. The number of rotatable bonds is 5. The summed E-state index contributed by atoms with van der Waals surface area (Å²) in [5.74, 6) is -6.42. The van der Waals surface area contributed by atoms with Crippen molar-refractivity contribution in [3.05, 3.63) is 47.3 Å². The molecule has 0 unspecified atom stereocenters. The van der Waals surface area contributed by atoms with Gasteiger partial charge in [0.15, 0.2) is 0 Å². The van der Waals surface area contributed by atoms with Crippen molar-refractivity contribution in [1.82, 2.24) is 30.1 Å². The highest BCUT2D eigenvalue weighted by Crippen LogP contribution is 2.46. The van der Waals surface area contributed by atoms with Gasteiger partial charge in [-0.25, -0.2) is 31.2 Å². The molecule has 0 spiro atoms. The van der Waals surface area contributed by atoms with Crippen LogP contribution in [0.4, 0.5) is 22.8 Å². The van der Waals surface area contributed by atoms with Crippen LogP contribution < -0.4 is 15.4 Å². The Morgan fingerprint density at radius 1 is 1.02 bits per heavy atom. The number of urea groups is 1. The van der Waals surface area contributed by atoms with Crippen molar-refractivity contribution < 1.29 is 50.3 Å². The predicted octanol–water partition coefficient (Wildman–Crippen LogP) is 2.67. The van der Waals surface area contributed by atoms with Crippen molar-refractivity contribution in [2.24, 2.45) is 5.92 Å². The third kappa shape index (κ3) is 7.82. The standard InChI is InChI=1S/C35H43F3N6O8S/c36-26-9-6-7-21-17-43(19-25(21)26)33(49)52-23-15-28-29(45)40-35(31(47)41-53(50,51)24-11-12-24)16-22(35)8-4-2-1-3-5-10-27(30(46)44(28)18-23)39-32(48)42-14-13-34(37,38)20-42/h4,6-9,22-24,27-28H,1-3,5,10-20H2,(H,39,48)(H,40,45)(H,41,47)/b8-4-/t22-,23+,27-,28-,35+/m0/s1. The summed E-state index contributed by atoms with van der Waals surface area (Å²) in [5.41, 5.74) is -0.642. The first-order valence-corrected chi connectivity index (χ1v) is 19.7. The van der Waals surface area contributed by atoms with Crippen molar-refractivity contribution in [3.63, 3.8) is 0 Å². The lowest BCUT2D eigenvalue weighted by molar-refractivity contribution is -0.141. The minimum atomic E-state index is -3.96. The Hall–Kier alpha value is -4.35. The van der Waals surface area contributed by atoms with Gasteiger partial charge < -0.3 is 25.2 Å². The molecular weight excluding hydrogens is 721 g/mol. The van der Waals surface area contributed by atoms with Crippen LogP contribution in [-0.2, 0) is 42.2 Å². The van der Waals surface area contributed by atoms with Crippen LogP contribution in [0.5, 0.6) is 0 Å². The second-order valence-electron chi connectivity index (χ2n) is 15.0. The van der Waals surface area contributed by atoms with Crippen molar-refractivity contribution >= 4 is 39.9 Å². The molecule has 1 aromatic carbocycles. The summed E-state index contributed by atoms with van der Waals surface area (Å²) in [4.78, 5) is 72.0. The molecular formula is C35H43F3N6O8S. The number of halogens is 3. The van der Waals surface area contributed by atoms with E-state index in [-0.39, 0.29) is 45.4 Å². The number of hydrogen-bond donors (Lipinski definition) is 3. The zero-order valence-corrected chi connectivity index (χ0v) is 29.8. The van der Waals surface area contributed by atoms with E-state index in [1.54, 1.807) is 12.1 Å². The van der Waals surface area contributed by atoms with Crippen LogP contribution in [0.2, 0.25) is 0 Å². The van der Waals surface area contributed by atoms with E-state index in [0.717, 1.165) is 9.80 Å². The molecule has 4 aliphatic heterocycles. The normalized spacial score (nSPS) is 30.6. The Morgan fingerprint density at radius 3 is 2.53 bits per heavy atom. The zero-order valence-electron chi connectivity index (χ0n) is 29.0. The summed E-state index contributed by atoms with van der Waals surface area (Å²) in [6.45, 7) is -1.23. The quantitative estimate of drug-likeness (QED) is 0.384. The van der Waals surface area contributed by atoms with Crippen LogP contribution in [0.3, 0.4) is 0 Å². The molecule has 6 aliphatic rings. The van der Waals surface area contributed by atoms with Gasteiger partial charge in [0.25, 0.3) is 11.8 Å². The van der Waals surface area contributed by atoms with Crippen molar-refractivity contribution in [1.29, 1.82) is 0 Å². The van der Waals surface area contributed by atoms with E-state index in [0.29, 0.717) is 49.7 Å². The van der Waals surface area contributed by atoms with Gasteiger partial charge in [0, 0.05) is 37.4 Å². The number of alkyl halides is 2. The fourth-order valence-corrected chi connectivity index (χ4v) is 9.09. The highest BCUT2D eigenvalue weighted by molar-refractivity contribution is 7.91. The molecule has 3 N–H and O–H groups in total. The van der Waals surface area contributed by atoms with E-state index in [2.05, 4.69) is 15.4 Å². The second kappa shape index (κ2) is 14.1. The smallest absolute Gasteiger partial charge is 0.410 e. The molecule has 18 heteroatoms. The largest absolute Gasteiger partial charge is 0.444 e. The molecule has 5 atom stereocenters. The fourth-order valence-electron chi connectivity index (χ4n) is 7.72. The topological polar surface area (TPSA) is 175 Å². The van der Waals surface area contributed by atoms with Gasteiger partial charge in [-0.2, -0.15) is 0 Å². The number of sulfonamides is 1. The Kier molecular flexibility index (Phi) is 9.86. The molecule has 0 radical (unpaired) electrons. The third-order valence-electron chi connectivity index (χ3n) is 11.0. The maximum absolute atomic E-state index is 14.4. The maximum atomic E-state index is 14.4. The Balaban J connectivity index is 1.13. The average Bonchev–Trinajstić information content (AvgIpc) is 3.93. The van der Waals surface area contributed by atoms with Crippen LogP contribution in [0.25, 0.3) is 0 Å². The van der Waals surface area contributed by atoms with E-state index in [4.69, 9.17) is 4.74 Å². The summed E-state index contributed by atoms with van der Waals surface area (Å²) in [6, 6.07) is 1.14. The fraction of sp³-hybridized carbons (Fsp3) is 0.629. The number of ether oxygens (including phenoxy) is 1.